The molecule has 130 valence electrons. The smallest absolute Gasteiger partial charge is 0.161 e. The number of hydrogen-bond acceptors (Lipinski definition) is 4. The third-order valence-corrected chi connectivity index (χ3v) is 4.07. The molecule has 1 rings (SSSR count). The summed E-state index contributed by atoms with van der Waals surface area (Å²) < 4.78 is 5.04. The van der Waals surface area contributed by atoms with Crippen LogP contribution in [-0.2, 0) is 11.2 Å². The number of Topliss-reactive ketones (excluding diaryl/α,β-unsaturated/α-hetero) is 1. The highest BCUT2D eigenvalue weighted by Crippen LogP contribution is 2.27. The number of ether oxygens (including phenoxy) is 1. The number of phenolic OH excluding ortho intramolecular Hbond substituents is 1. The van der Waals surface area contributed by atoms with E-state index in [1.165, 1.54) is 19.6 Å². The Kier molecular flexibility index (Phi) is 8.10. The van der Waals surface area contributed by atoms with Crippen LogP contribution in [-0.4, -0.2) is 29.2 Å². The van der Waals surface area contributed by atoms with Crippen LogP contribution in [0.5, 0.6) is 11.5 Å². The molecular weight excluding hydrogens is 292 g/mol. The van der Waals surface area contributed by atoms with Gasteiger partial charge in [-0.1, -0.05) is 46.1 Å². The highest BCUT2D eigenvalue weighted by atomic mass is 16.5. The maximum Gasteiger partial charge on any atom is 0.161 e. The van der Waals surface area contributed by atoms with E-state index in [0.29, 0.717) is 24.0 Å². The SMILES string of the molecule is COc1cc(C[C@@H](O)C(=O)C[C@H](C)CCCC(C)C)ccc1O. The summed E-state index contributed by atoms with van der Waals surface area (Å²) >= 11 is 0. The summed E-state index contributed by atoms with van der Waals surface area (Å²) in [5.41, 5.74) is 0.771. The van der Waals surface area contributed by atoms with Gasteiger partial charge in [0.05, 0.1) is 7.11 Å². The van der Waals surface area contributed by atoms with Gasteiger partial charge in [0.25, 0.3) is 0 Å². The first kappa shape index (κ1) is 19.5. The minimum Gasteiger partial charge on any atom is -0.504 e. The molecule has 0 saturated heterocycles. The number of methoxy groups -OCH3 is 1. The molecule has 0 heterocycles. The van der Waals surface area contributed by atoms with Crippen molar-refractivity contribution in [1.29, 1.82) is 0 Å². The monoisotopic (exact) mass is 322 g/mol. The van der Waals surface area contributed by atoms with Gasteiger partial charge in [-0.15, -0.1) is 0 Å². The van der Waals surface area contributed by atoms with Gasteiger partial charge in [-0.25, -0.2) is 0 Å². The van der Waals surface area contributed by atoms with Crippen molar-refractivity contribution in [3.8, 4) is 11.5 Å². The fourth-order valence-corrected chi connectivity index (χ4v) is 2.64. The predicted octanol–water partition coefficient (Wildman–Crippen LogP) is 3.73. The van der Waals surface area contributed by atoms with Crippen molar-refractivity contribution in [3.63, 3.8) is 0 Å². The molecule has 0 spiro atoms. The molecule has 23 heavy (non-hydrogen) atoms. The van der Waals surface area contributed by atoms with Gasteiger partial charge >= 0.3 is 0 Å². The number of hydrogen-bond donors (Lipinski definition) is 2. The highest BCUT2D eigenvalue weighted by molar-refractivity contribution is 5.83. The molecule has 2 N–H and O–H groups in total. The highest BCUT2D eigenvalue weighted by Gasteiger charge is 2.19. The fourth-order valence-electron chi connectivity index (χ4n) is 2.64. The number of phenols is 1. The van der Waals surface area contributed by atoms with Gasteiger partial charge < -0.3 is 14.9 Å². The lowest BCUT2D eigenvalue weighted by Crippen LogP contribution is -2.24. The zero-order valence-corrected chi connectivity index (χ0v) is 14.7. The summed E-state index contributed by atoms with van der Waals surface area (Å²) in [6.45, 7) is 6.46. The van der Waals surface area contributed by atoms with Crippen LogP contribution in [0, 0.1) is 11.8 Å². The average Bonchev–Trinajstić information content (AvgIpc) is 2.48. The van der Waals surface area contributed by atoms with Gasteiger partial charge in [0.2, 0.25) is 0 Å². The molecule has 1 aromatic rings. The largest absolute Gasteiger partial charge is 0.504 e. The van der Waals surface area contributed by atoms with Crippen molar-refractivity contribution in [2.24, 2.45) is 11.8 Å². The van der Waals surface area contributed by atoms with Gasteiger partial charge in [0.15, 0.2) is 17.3 Å². The summed E-state index contributed by atoms with van der Waals surface area (Å²) in [5, 5.41) is 19.7. The van der Waals surface area contributed by atoms with E-state index in [2.05, 4.69) is 20.8 Å². The number of carbonyl (C=O) groups is 1. The molecule has 0 unspecified atom stereocenters. The summed E-state index contributed by atoms with van der Waals surface area (Å²) in [5.74, 6) is 1.27. The topological polar surface area (TPSA) is 66.8 Å². The summed E-state index contributed by atoms with van der Waals surface area (Å²) in [6, 6.07) is 4.86. The Morgan fingerprint density at radius 1 is 1.22 bits per heavy atom. The van der Waals surface area contributed by atoms with Crippen molar-refractivity contribution in [2.75, 3.05) is 7.11 Å². The van der Waals surface area contributed by atoms with Gasteiger partial charge in [-0.2, -0.15) is 0 Å². The van der Waals surface area contributed by atoms with Crippen molar-refractivity contribution >= 4 is 5.78 Å². The van der Waals surface area contributed by atoms with Gasteiger partial charge in [-0.05, 0) is 29.5 Å². The Bertz CT molecular complexity index is 496. The molecule has 4 heteroatoms. The van der Waals surface area contributed by atoms with Crippen LogP contribution < -0.4 is 4.74 Å². The lowest BCUT2D eigenvalue weighted by atomic mass is 9.93. The van der Waals surface area contributed by atoms with Crippen LogP contribution in [0.15, 0.2) is 18.2 Å². The van der Waals surface area contributed by atoms with E-state index in [-0.39, 0.29) is 18.0 Å². The van der Waals surface area contributed by atoms with Crippen LogP contribution in [0.25, 0.3) is 0 Å². The molecule has 0 saturated carbocycles. The molecule has 2 atom stereocenters. The Balaban J connectivity index is 2.47. The predicted molar refractivity (Wildman–Crippen MR) is 91.8 cm³/mol. The number of benzene rings is 1. The van der Waals surface area contributed by atoms with Crippen molar-refractivity contribution in [3.05, 3.63) is 23.8 Å². The van der Waals surface area contributed by atoms with E-state index >= 15 is 0 Å². The number of aromatic hydroxyl groups is 1. The minimum atomic E-state index is -1.00. The van der Waals surface area contributed by atoms with Crippen LogP contribution >= 0.6 is 0 Å². The zero-order chi connectivity index (χ0) is 17.4. The van der Waals surface area contributed by atoms with Gasteiger partial charge in [-0.3, -0.25) is 4.79 Å². The molecule has 1 aromatic carbocycles. The lowest BCUT2D eigenvalue weighted by Gasteiger charge is -2.15. The molecule has 0 aliphatic heterocycles. The zero-order valence-electron chi connectivity index (χ0n) is 14.7. The normalized spacial score (nSPS) is 13.8. The first-order chi connectivity index (χ1) is 10.8. The molecule has 0 bridgehead atoms. The molecule has 0 fully saturated rings. The Morgan fingerprint density at radius 2 is 1.91 bits per heavy atom. The Morgan fingerprint density at radius 3 is 2.52 bits per heavy atom. The summed E-state index contributed by atoms with van der Waals surface area (Å²) in [7, 11) is 1.47. The number of rotatable bonds is 10. The van der Waals surface area contributed by atoms with E-state index in [1.54, 1.807) is 12.1 Å². The van der Waals surface area contributed by atoms with Crippen molar-refractivity contribution < 1.29 is 19.7 Å². The number of ketones is 1. The summed E-state index contributed by atoms with van der Waals surface area (Å²) in [6.07, 6.45) is 2.97. The maximum absolute atomic E-state index is 12.1. The van der Waals surface area contributed by atoms with Crippen LogP contribution in [0.4, 0.5) is 0 Å². The molecule has 0 aliphatic carbocycles. The fraction of sp³-hybridized carbons (Fsp3) is 0.632. The van der Waals surface area contributed by atoms with E-state index in [0.717, 1.165) is 18.4 Å². The third-order valence-electron chi connectivity index (χ3n) is 4.07. The molecule has 0 radical (unpaired) electrons. The maximum atomic E-state index is 12.1. The molecule has 0 aromatic heterocycles. The Hall–Kier alpha value is -1.55. The first-order valence-corrected chi connectivity index (χ1v) is 8.40. The van der Waals surface area contributed by atoms with Crippen molar-refractivity contribution in [2.45, 2.75) is 59.0 Å². The molecular formula is C19H30O4. The molecule has 0 amide bonds. The summed E-state index contributed by atoms with van der Waals surface area (Å²) in [4.78, 5) is 12.1. The third kappa shape index (κ3) is 7.04. The second-order valence-corrected chi connectivity index (χ2v) is 6.83. The number of carbonyl (C=O) groups excluding carboxylic acids is 1. The van der Waals surface area contributed by atoms with Gasteiger partial charge in [0, 0.05) is 12.8 Å². The Labute approximate surface area is 139 Å². The first-order valence-electron chi connectivity index (χ1n) is 8.40. The van der Waals surface area contributed by atoms with Crippen LogP contribution in [0.1, 0.15) is 52.0 Å². The quantitative estimate of drug-likeness (QED) is 0.689. The van der Waals surface area contributed by atoms with Crippen LogP contribution in [0.3, 0.4) is 0 Å². The average molecular weight is 322 g/mol. The van der Waals surface area contributed by atoms with Gasteiger partial charge in [0.1, 0.15) is 6.10 Å². The van der Waals surface area contributed by atoms with Crippen LogP contribution in [0.2, 0.25) is 0 Å². The second kappa shape index (κ2) is 9.56. The number of aliphatic hydroxyl groups is 1. The van der Waals surface area contributed by atoms with E-state index in [4.69, 9.17) is 4.74 Å². The van der Waals surface area contributed by atoms with E-state index in [9.17, 15) is 15.0 Å². The van der Waals surface area contributed by atoms with E-state index < -0.39 is 6.10 Å². The minimum absolute atomic E-state index is 0.0517. The van der Waals surface area contributed by atoms with Crippen molar-refractivity contribution in [1.82, 2.24) is 0 Å². The lowest BCUT2D eigenvalue weighted by molar-refractivity contribution is -0.127. The second-order valence-electron chi connectivity index (χ2n) is 6.83. The standard InChI is InChI=1S/C19H30O4/c1-13(2)6-5-7-14(3)10-17(21)18(22)11-15-8-9-16(20)19(12-15)23-4/h8-9,12-14,18,20,22H,5-7,10-11H2,1-4H3/t14-,18-/m1/s1. The number of aliphatic hydroxyl groups excluding tert-OH is 1. The molecule has 4 nitrogen and oxygen atoms in total. The van der Waals surface area contributed by atoms with E-state index in [1.807, 2.05) is 0 Å². The molecule has 0 aliphatic rings.